The lowest BCUT2D eigenvalue weighted by molar-refractivity contribution is -0.139. The first-order valence-electron chi connectivity index (χ1n) is 5.11. The van der Waals surface area contributed by atoms with Crippen LogP contribution in [0, 0.1) is 0 Å². The zero-order valence-corrected chi connectivity index (χ0v) is 9.38. The molecule has 0 saturated carbocycles. The molecule has 0 unspecified atom stereocenters. The van der Waals surface area contributed by atoms with Crippen LogP contribution in [-0.4, -0.2) is 23.0 Å². The minimum Gasteiger partial charge on any atom is -0.480 e. The van der Waals surface area contributed by atoms with Gasteiger partial charge in [0.25, 0.3) is 5.91 Å². The Labute approximate surface area is 99.1 Å². The lowest BCUT2D eigenvalue weighted by Crippen LogP contribution is -2.45. The number of aliphatic carboxylic acids is 1. The van der Waals surface area contributed by atoms with Gasteiger partial charge in [-0.15, -0.1) is 0 Å². The lowest BCUT2D eigenvalue weighted by Gasteiger charge is -2.08. The first-order chi connectivity index (χ1) is 8.09. The molecular weight excluding hydrogens is 220 g/mol. The molecule has 5 heteroatoms. The second-order valence-corrected chi connectivity index (χ2v) is 3.44. The first kappa shape index (κ1) is 12.9. The second-order valence-electron chi connectivity index (χ2n) is 3.44. The van der Waals surface area contributed by atoms with Crippen molar-refractivity contribution in [2.75, 3.05) is 0 Å². The van der Waals surface area contributed by atoms with E-state index in [1.165, 1.54) is 13.0 Å². The normalized spacial score (nSPS) is 12.3. The Morgan fingerprint density at radius 2 is 1.94 bits per heavy atom. The van der Waals surface area contributed by atoms with Crippen molar-refractivity contribution in [3.05, 3.63) is 42.0 Å². The lowest BCUT2D eigenvalue weighted by atomic mass is 10.2. The number of benzene rings is 1. The van der Waals surface area contributed by atoms with Crippen LogP contribution in [0.4, 0.5) is 0 Å². The standard InChI is InChI=1S/C12H14N2O3/c1-9(12(16)17)13-14-11(15)8-7-10-5-3-2-4-6-10/h2-9,13H,1H3,(H,14,15)(H,16,17)/b8-7+/t9-/m0/s1. The monoisotopic (exact) mass is 234 g/mol. The van der Waals surface area contributed by atoms with Gasteiger partial charge in [0.15, 0.2) is 0 Å². The molecule has 0 bridgehead atoms. The summed E-state index contributed by atoms with van der Waals surface area (Å²) in [5.74, 6) is -1.43. The van der Waals surface area contributed by atoms with E-state index < -0.39 is 17.9 Å². The topological polar surface area (TPSA) is 78.4 Å². The predicted molar refractivity (Wildman–Crippen MR) is 63.9 cm³/mol. The van der Waals surface area contributed by atoms with Gasteiger partial charge in [-0.05, 0) is 18.6 Å². The van der Waals surface area contributed by atoms with Crippen molar-refractivity contribution in [1.82, 2.24) is 10.9 Å². The molecule has 1 atom stereocenters. The van der Waals surface area contributed by atoms with Crippen molar-refractivity contribution >= 4 is 18.0 Å². The summed E-state index contributed by atoms with van der Waals surface area (Å²) in [6, 6.07) is 8.50. The van der Waals surface area contributed by atoms with Crippen molar-refractivity contribution in [3.63, 3.8) is 0 Å². The molecule has 1 rings (SSSR count). The van der Waals surface area contributed by atoms with E-state index in [4.69, 9.17) is 5.11 Å². The molecule has 0 aliphatic heterocycles. The average Bonchev–Trinajstić information content (AvgIpc) is 2.34. The van der Waals surface area contributed by atoms with Crippen molar-refractivity contribution in [3.8, 4) is 0 Å². The van der Waals surface area contributed by atoms with Crippen LogP contribution >= 0.6 is 0 Å². The van der Waals surface area contributed by atoms with Gasteiger partial charge in [-0.25, -0.2) is 5.43 Å². The van der Waals surface area contributed by atoms with Gasteiger partial charge < -0.3 is 5.11 Å². The van der Waals surface area contributed by atoms with Gasteiger partial charge in [0, 0.05) is 6.08 Å². The van der Waals surface area contributed by atoms with E-state index in [1.54, 1.807) is 6.08 Å². The van der Waals surface area contributed by atoms with Gasteiger partial charge in [-0.2, -0.15) is 0 Å². The first-order valence-corrected chi connectivity index (χ1v) is 5.11. The molecule has 0 radical (unpaired) electrons. The van der Waals surface area contributed by atoms with Crippen molar-refractivity contribution < 1.29 is 14.7 Å². The van der Waals surface area contributed by atoms with Gasteiger partial charge in [0.1, 0.15) is 6.04 Å². The molecule has 3 N–H and O–H groups in total. The minimum atomic E-state index is -1.03. The highest BCUT2D eigenvalue weighted by molar-refractivity contribution is 5.91. The Bertz CT molecular complexity index is 415. The van der Waals surface area contributed by atoms with Crippen LogP contribution in [0.3, 0.4) is 0 Å². The molecule has 0 aromatic heterocycles. The molecule has 90 valence electrons. The average molecular weight is 234 g/mol. The number of rotatable bonds is 5. The summed E-state index contributed by atoms with van der Waals surface area (Å²) in [4.78, 5) is 21.7. The van der Waals surface area contributed by atoms with Crippen molar-refractivity contribution in [1.29, 1.82) is 0 Å². The van der Waals surface area contributed by atoms with E-state index >= 15 is 0 Å². The highest BCUT2D eigenvalue weighted by Gasteiger charge is 2.09. The van der Waals surface area contributed by atoms with Crippen LogP contribution in [-0.2, 0) is 9.59 Å². The van der Waals surface area contributed by atoms with E-state index in [1.807, 2.05) is 30.3 Å². The van der Waals surface area contributed by atoms with Crippen molar-refractivity contribution in [2.24, 2.45) is 0 Å². The molecule has 1 aromatic carbocycles. The van der Waals surface area contributed by atoms with E-state index in [0.717, 1.165) is 5.56 Å². The van der Waals surface area contributed by atoms with Gasteiger partial charge >= 0.3 is 5.97 Å². The summed E-state index contributed by atoms with van der Waals surface area (Å²) < 4.78 is 0. The number of hydrogen-bond acceptors (Lipinski definition) is 3. The third kappa shape index (κ3) is 4.94. The Hall–Kier alpha value is -2.14. The molecule has 0 heterocycles. The molecule has 17 heavy (non-hydrogen) atoms. The molecular formula is C12H14N2O3. The van der Waals surface area contributed by atoms with Gasteiger partial charge in [0.05, 0.1) is 0 Å². The number of carbonyl (C=O) groups excluding carboxylic acids is 1. The number of amides is 1. The number of carboxylic acid groups (broad SMARTS) is 1. The summed E-state index contributed by atoms with van der Waals surface area (Å²) in [5, 5.41) is 8.57. The highest BCUT2D eigenvalue weighted by atomic mass is 16.4. The van der Waals surface area contributed by atoms with E-state index in [2.05, 4.69) is 10.9 Å². The number of carboxylic acids is 1. The quantitative estimate of drug-likeness (QED) is 0.520. The Balaban J connectivity index is 2.40. The highest BCUT2D eigenvalue weighted by Crippen LogP contribution is 2.00. The van der Waals surface area contributed by atoms with Crippen molar-refractivity contribution in [2.45, 2.75) is 13.0 Å². The zero-order chi connectivity index (χ0) is 12.7. The Morgan fingerprint density at radius 3 is 2.53 bits per heavy atom. The fourth-order valence-corrected chi connectivity index (χ4v) is 1.02. The fraction of sp³-hybridized carbons (Fsp3) is 0.167. The van der Waals surface area contributed by atoms with E-state index in [0.29, 0.717) is 0 Å². The maximum absolute atomic E-state index is 11.3. The maximum Gasteiger partial charge on any atom is 0.322 e. The van der Waals surface area contributed by atoms with E-state index in [-0.39, 0.29) is 0 Å². The molecule has 0 saturated heterocycles. The van der Waals surface area contributed by atoms with Crippen LogP contribution < -0.4 is 10.9 Å². The Kier molecular flexibility index (Phi) is 4.90. The number of carbonyl (C=O) groups is 2. The summed E-state index contributed by atoms with van der Waals surface area (Å²) in [7, 11) is 0. The molecule has 0 spiro atoms. The molecule has 5 nitrogen and oxygen atoms in total. The third-order valence-electron chi connectivity index (χ3n) is 2.01. The summed E-state index contributed by atoms with van der Waals surface area (Å²) in [6.07, 6.45) is 2.97. The third-order valence-corrected chi connectivity index (χ3v) is 2.01. The van der Waals surface area contributed by atoms with Crippen LogP contribution in [0.25, 0.3) is 6.08 Å². The minimum absolute atomic E-state index is 0.401. The maximum atomic E-state index is 11.3. The Morgan fingerprint density at radius 1 is 1.29 bits per heavy atom. The number of hydrazine groups is 1. The van der Waals surface area contributed by atoms with Gasteiger partial charge in [-0.1, -0.05) is 30.3 Å². The second kappa shape index (κ2) is 6.44. The summed E-state index contributed by atoms with van der Waals surface area (Å²) in [6.45, 7) is 1.43. The van der Waals surface area contributed by atoms with Gasteiger partial charge in [-0.3, -0.25) is 15.0 Å². The smallest absolute Gasteiger partial charge is 0.322 e. The van der Waals surface area contributed by atoms with E-state index in [9.17, 15) is 9.59 Å². The van der Waals surface area contributed by atoms with Gasteiger partial charge in [0.2, 0.25) is 0 Å². The molecule has 0 fully saturated rings. The summed E-state index contributed by atoms with van der Waals surface area (Å²) >= 11 is 0. The van der Waals surface area contributed by atoms with Crippen LogP contribution in [0.15, 0.2) is 36.4 Å². The predicted octanol–water partition coefficient (Wildman–Crippen LogP) is 0.794. The van der Waals surface area contributed by atoms with Crippen LogP contribution in [0.2, 0.25) is 0 Å². The molecule has 0 aliphatic rings. The molecule has 1 aromatic rings. The number of nitrogens with one attached hydrogen (secondary N) is 2. The number of hydrogen-bond donors (Lipinski definition) is 3. The fourth-order valence-electron chi connectivity index (χ4n) is 1.02. The van der Waals surface area contributed by atoms with Crippen LogP contribution in [0.5, 0.6) is 0 Å². The summed E-state index contributed by atoms with van der Waals surface area (Å²) in [5.41, 5.74) is 5.54. The molecule has 1 amide bonds. The zero-order valence-electron chi connectivity index (χ0n) is 9.38. The SMILES string of the molecule is C[C@H](NNC(=O)/C=C/c1ccccc1)C(=O)O. The molecule has 0 aliphatic carbocycles. The largest absolute Gasteiger partial charge is 0.480 e. The van der Waals surface area contributed by atoms with Crippen LogP contribution in [0.1, 0.15) is 12.5 Å².